The zero-order chi connectivity index (χ0) is 21.0. The van der Waals surface area contributed by atoms with Gasteiger partial charge in [-0.2, -0.15) is 5.10 Å². The van der Waals surface area contributed by atoms with E-state index in [-0.39, 0.29) is 30.3 Å². The van der Waals surface area contributed by atoms with Crippen LogP contribution in [-0.2, 0) is 4.79 Å². The minimum Gasteiger partial charge on any atom is -0.363 e. The average molecular weight is 467 g/mol. The second-order valence-corrected chi connectivity index (χ2v) is 9.02. The van der Waals surface area contributed by atoms with E-state index in [0.29, 0.717) is 5.75 Å². The number of fused-ring (bicyclic) bond motifs is 1. The number of amidine groups is 1. The van der Waals surface area contributed by atoms with Gasteiger partial charge in [0, 0.05) is 12.5 Å². The Labute approximate surface area is 199 Å². The van der Waals surface area contributed by atoms with Crippen LogP contribution in [0.15, 0.2) is 76.3 Å². The molecule has 0 radical (unpaired) electrons. The van der Waals surface area contributed by atoms with Gasteiger partial charge in [0.15, 0.2) is 5.17 Å². The van der Waals surface area contributed by atoms with Gasteiger partial charge in [-0.15, -0.1) is 12.4 Å². The summed E-state index contributed by atoms with van der Waals surface area (Å²) < 4.78 is 0. The molecule has 2 aliphatic heterocycles. The lowest BCUT2D eigenvalue weighted by Crippen LogP contribution is -2.33. The van der Waals surface area contributed by atoms with Gasteiger partial charge in [-0.1, -0.05) is 72.4 Å². The van der Waals surface area contributed by atoms with E-state index in [9.17, 15) is 4.79 Å². The molecule has 1 saturated carbocycles. The van der Waals surface area contributed by atoms with Crippen molar-refractivity contribution >= 4 is 47.0 Å². The van der Waals surface area contributed by atoms with Crippen LogP contribution >= 0.6 is 24.2 Å². The van der Waals surface area contributed by atoms with Crippen molar-refractivity contribution in [2.45, 2.75) is 25.3 Å². The van der Waals surface area contributed by atoms with Crippen molar-refractivity contribution in [3.8, 4) is 0 Å². The van der Waals surface area contributed by atoms with Crippen molar-refractivity contribution in [3.63, 3.8) is 0 Å². The number of hydrogen-bond donors (Lipinski definition) is 1. The van der Waals surface area contributed by atoms with Crippen molar-refractivity contribution in [1.29, 1.82) is 0 Å². The van der Waals surface area contributed by atoms with Crippen LogP contribution in [0.1, 0.15) is 36.4 Å². The molecule has 3 aliphatic rings. The molecule has 2 atom stereocenters. The van der Waals surface area contributed by atoms with Crippen LogP contribution in [-0.4, -0.2) is 40.6 Å². The molecule has 0 bridgehead atoms. The quantitative estimate of drug-likeness (QED) is 0.695. The highest BCUT2D eigenvalue weighted by atomic mass is 35.5. The highest BCUT2D eigenvalue weighted by Gasteiger charge is 2.43. The molecule has 2 aromatic rings. The average Bonchev–Trinajstić information content (AvgIpc) is 3.47. The fourth-order valence-electron chi connectivity index (χ4n) is 4.61. The summed E-state index contributed by atoms with van der Waals surface area (Å²) in [7, 11) is 0. The first-order chi connectivity index (χ1) is 15.3. The first-order valence-electron chi connectivity index (χ1n) is 10.9. The molecule has 1 amide bonds. The van der Waals surface area contributed by atoms with Gasteiger partial charge in [-0.05, 0) is 42.0 Å². The smallest absolute Gasteiger partial charge is 0.253 e. The first kappa shape index (κ1) is 22.6. The highest BCUT2D eigenvalue weighted by molar-refractivity contribution is 8.14. The Morgan fingerprint density at radius 3 is 2.59 bits per heavy atom. The number of carbonyl (C=O) groups is 1. The summed E-state index contributed by atoms with van der Waals surface area (Å²) in [6.07, 6.45) is 5.41. The van der Waals surface area contributed by atoms with Gasteiger partial charge in [-0.3, -0.25) is 9.79 Å². The number of allylic oxidation sites excluding steroid dienone is 1. The SMILES string of the molecule is Cl.O=C(CSC1=NCCN1)N1N=C2C(=Cc3ccccc3)CCCC2C1c1ccccc1. The monoisotopic (exact) mass is 466 g/mol. The molecule has 2 heterocycles. The number of rotatable bonds is 4. The van der Waals surface area contributed by atoms with Crippen molar-refractivity contribution < 1.29 is 4.79 Å². The number of carbonyl (C=O) groups excluding carboxylic acids is 1. The van der Waals surface area contributed by atoms with E-state index in [1.54, 1.807) is 5.01 Å². The summed E-state index contributed by atoms with van der Waals surface area (Å²) >= 11 is 1.48. The molecule has 0 saturated heterocycles. The summed E-state index contributed by atoms with van der Waals surface area (Å²) in [5.41, 5.74) is 4.68. The van der Waals surface area contributed by atoms with Crippen molar-refractivity contribution in [3.05, 3.63) is 77.4 Å². The molecule has 0 spiro atoms. The third-order valence-corrected chi connectivity index (χ3v) is 6.95. The topological polar surface area (TPSA) is 57.1 Å². The fraction of sp³-hybridized carbons (Fsp3) is 0.320. The maximum atomic E-state index is 13.3. The maximum Gasteiger partial charge on any atom is 0.253 e. The van der Waals surface area contributed by atoms with Gasteiger partial charge >= 0.3 is 0 Å². The third kappa shape index (κ3) is 4.76. The Bertz CT molecular complexity index is 1040. The molecule has 7 heteroatoms. The van der Waals surface area contributed by atoms with E-state index in [0.717, 1.165) is 48.8 Å². The van der Waals surface area contributed by atoms with Crippen LogP contribution in [0, 0.1) is 5.92 Å². The normalized spacial score (nSPS) is 23.1. The summed E-state index contributed by atoms with van der Waals surface area (Å²) in [6, 6.07) is 20.7. The minimum absolute atomic E-state index is 0. The predicted molar refractivity (Wildman–Crippen MR) is 135 cm³/mol. The van der Waals surface area contributed by atoms with Crippen LogP contribution in [0.3, 0.4) is 0 Å². The largest absolute Gasteiger partial charge is 0.363 e. The lowest BCUT2D eigenvalue weighted by atomic mass is 9.77. The van der Waals surface area contributed by atoms with Crippen LogP contribution in [0.5, 0.6) is 0 Å². The summed E-state index contributed by atoms with van der Waals surface area (Å²) in [6.45, 7) is 1.63. The number of thioether (sulfide) groups is 1. The van der Waals surface area contributed by atoms with Gasteiger partial charge in [0.1, 0.15) is 0 Å². The molecule has 5 rings (SSSR count). The van der Waals surface area contributed by atoms with Gasteiger partial charge in [0.05, 0.1) is 24.1 Å². The van der Waals surface area contributed by atoms with Crippen LogP contribution in [0.25, 0.3) is 6.08 Å². The number of halogens is 1. The molecular formula is C25H27ClN4OS. The van der Waals surface area contributed by atoms with Crippen molar-refractivity contribution in [2.24, 2.45) is 16.0 Å². The van der Waals surface area contributed by atoms with Crippen molar-refractivity contribution in [2.75, 3.05) is 18.8 Å². The summed E-state index contributed by atoms with van der Waals surface area (Å²) in [5.74, 6) is 0.620. The summed E-state index contributed by atoms with van der Waals surface area (Å²) in [5, 5.41) is 10.8. The number of hydrazone groups is 1. The van der Waals surface area contributed by atoms with Crippen LogP contribution in [0.4, 0.5) is 0 Å². The fourth-order valence-corrected chi connectivity index (χ4v) is 5.39. The molecule has 166 valence electrons. The molecule has 1 fully saturated rings. The predicted octanol–water partition coefficient (Wildman–Crippen LogP) is 4.92. The number of aliphatic imine (C=N–C) groups is 1. The Balaban J connectivity index is 0.00000245. The van der Waals surface area contributed by atoms with Gasteiger partial charge in [0.2, 0.25) is 0 Å². The number of benzene rings is 2. The molecular weight excluding hydrogens is 440 g/mol. The second kappa shape index (κ2) is 10.4. The van der Waals surface area contributed by atoms with Crippen LogP contribution < -0.4 is 5.32 Å². The number of hydrogen-bond acceptors (Lipinski definition) is 5. The third-order valence-electron chi connectivity index (χ3n) is 6.01. The first-order valence-corrected chi connectivity index (χ1v) is 11.9. The van der Waals surface area contributed by atoms with Crippen LogP contribution in [0.2, 0.25) is 0 Å². The molecule has 1 aliphatic carbocycles. The molecule has 5 nitrogen and oxygen atoms in total. The maximum absolute atomic E-state index is 13.3. The highest BCUT2D eigenvalue weighted by Crippen LogP contribution is 2.44. The number of nitrogens with zero attached hydrogens (tertiary/aromatic N) is 3. The molecule has 2 unspecified atom stereocenters. The van der Waals surface area contributed by atoms with Gasteiger partial charge in [0.25, 0.3) is 5.91 Å². The van der Waals surface area contributed by atoms with E-state index in [1.165, 1.54) is 22.9 Å². The summed E-state index contributed by atoms with van der Waals surface area (Å²) in [4.78, 5) is 17.7. The standard InChI is InChI=1S/C25H26N4OS.ClH/c30-22(17-31-25-26-14-15-27-25)29-24(19-10-5-2-6-11-19)21-13-7-12-20(23(21)28-29)16-18-8-3-1-4-9-18;/h1-6,8-11,16,21,24H,7,12-15,17H2,(H,26,27);1H. The second-order valence-electron chi connectivity index (χ2n) is 8.06. The Kier molecular flexibility index (Phi) is 7.33. The van der Waals surface area contributed by atoms with Crippen molar-refractivity contribution in [1.82, 2.24) is 10.3 Å². The Morgan fingerprint density at radius 2 is 1.88 bits per heavy atom. The number of amides is 1. The zero-order valence-corrected chi connectivity index (χ0v) is 19.4. The van der Waals surface area contributed by atoms with E-state index >= 15 is 0 Å². The molecule has 32 heavy (non-hydrogen) atoms. The van der Waals surface area contributed by atoms with E-state index < -0.39 is 0 Å². The van der Waals surface area contributed by atoms with E-state index in [1.807, 2.05) is 24.3 Å². The van der Waals surface area contributed by atoms with E-state index in [4.69, 9.17) is 5.10 Å². The Hall–Kier alpha value is -2.57. The lowest BCUT2D eigenvalue weighted by Gasteiger charge is -2.29. The minimum atomic E-state index is -0.0396. The molecule has 2 aromatic carbocycles. The van der Waals surface area contributed by atoms with Gasteiger partial charge in [-0.25, -0.2) is 5.01 Å². The van der Waals surface area contributed by atoms with E-state index in [2.05, 4.69) is 52.8 Å². The number of nitrogens with one attached hydrogen (secondary N) is 1. The van der Waals surface area contributed by atoms with Gasteiger partial charge < -0.3 is 5.32 Å². The lowest BCUT2D eigenvalue weighted by molar-refractivity contribution is -0.130. The molecule has 0 aromatic heterocycles. The Morgan fingerprint density at radius 1 is 1.12 bits per heavy atom. The zero-order valence-electron chi connectivity index (χ0n) is 17.8. The molecule has 1 N–H and O–H groups in total.